The van der Waals surface area contributed by atoms with Gasteiger partial charge < -0.3 is 10.2 Å². The number of halogens is 1. The minimum Gasteiger partial charge on any atom is -0.321 e. The summed E-state index contributed by atoms with van der Waals surface area (Å²) in [6, 6.07) is 10.4. The number of likely N-dealkylation sites (N-methyl/N-ethyl adjacent to an activating group) is 1. The molecule has 1 saturated heterocycles. The number of sulfonamides is 1. The van der Waals surface area contributed by atoms with Crippen LogP contribution in [0, 0.1) is 6.92 Å². The SMILES string of the molecule is Cc1sc(C(=O)Nc2cc(Cl)cc(NS(C)(=O)=O)c2)cc1N1C(=O)N(C)C(C)(c2ccccn2)C1=O. The van der Waals surface area contributed by atoms with Gasteiger partial charge in [-0.05, 0) is 50.2 Å². The molecule has 0 bridgehead atoms. The molecule has 4 amide bonds. The molecule has 1 aliphatic heterocycles. The second-order valence-electron chi connectivity index (χ2n) is 8.38. The number of amides is 4. The molecule has 3 aromatic rings. The maximum atomic E-state index is 13.5. The standard InChI is InChI=1S/C23H22ClN5O5S2/c1-13-17(29-21(31)23(2,28(3)22(29)32)19-7-5-6-8-25-19)12-18(35-13)20(30)26-15-9-14(24)10-16(11-15)27-36(4,33)34/h5-12,27H,1-4H3,(H,26,30). The second-order valence-corrected chi connectivity index (χ2v) is 11.8. The van der Waals surface area contributed by atoms with Gasteiger partial charge in [0.15, 0.2) is 5.54 Å². The monoisotopic (exact) mass is 547 g/mol. The first kappa shape index (κ1) is 25.6. The molecule has 1 atom stereocenters. The van der Waals surface area contributed by atoms with Gasteiger partial charge in [0.1, 0.15) is 0 Å². The molecular formula is C23H22ClN5O5S2. The van der Waals surface area contributed by atoms with E-state index in [2.05, 4.69) is 15.0 Å². The number of imide groups is 1. The number of thiophene rings is 1. The van der Waals surface area contributed by atoms with Crippen LogP contribution in [-0.4, -0.2) is 49.5 Å². The van der Waals surface area contributed by atoms with Crippen LogP contribution in [-0.2, 0) is 20.4 Å². The Kier molecular flexibility index (Phi) is 6.54. The van der Waals surface area contributed by atoms with Crippen LogP contribution in [0.25, 0.3) is 0 Å². The lowest BCUT2D eigenvalue weighted by Crippen LogP contribution is -2.42. The predicted octanol–water partition coefficient (Wildman–Crippen LogP) is 4.04. The van der Waals surface area contributed by atoms with Crippen LogP contribution in [0.3, 0.4) is 0 Å². The van der Waals surface area contributed by atoms with Gasteiger partial charge in [-0.15, -0.1) is 11.3 Å². The average molecular weight is 548 g/mol. The molecule has 1 aromatic carbocycles. The number of nitrogens with zero attached hydrogens (tertiary/aromatic N) is 3. The average Bonchev–Trinajstić information content (AvgIpc) is 3.25. The summed E-state index contributed by atoms with van der Waals surface area (Å²) < 4.78 is 25.4. The smallest absolute Gasteiger partial charge is 0.321 e. The molecule has 36 heavy (non-hydrogen) atoms. The van der Waals surface area contributed by atoms with Crippen LogP contribution in [0.4, 0.5) is 21.9 Å². The lowest BCUT2D eigenvalue weighted by molar-refractivity contribution is -0.124. The summed E-state index contributed by atoms with van der Waals surface area (Å²) in [6.07, 6.45) is 2.55. The van der Waals surface area contributed by atoms with Gasteiger partial charge in [0.05, 0.1) is 28.2 Å². The van der Waals surface area contributed by atoms with Crippen molar-refractivity contribution in [3.8, 4) is 0 Å². The van der Waals surface area contributed by atoms with E-state index in [1.54, 1.807) is 38.2 Å². The van der Waals surface area contributed by atoms with E-state index in [1.807, 2.05) is 0 Å². The van der Waals surface area contributed by atoms with Crippen molar-refractivity contribution in [1.82, 2.24) is 9.88 Å². The van der Waals surface area contributed by atoms with Crippen molar-refractivity contribution < 1.29 is 22.8 Å². The number of carbonyl (C=O) groups excluding carboxylic acids is 3. The summed E-state index contributed by atoms with van der Waals surface area (Å²) in [6.45, 7) is 3.34. The van der Waals surface area contributed by atoms with E-state index < -0.39 is 33.4 Å². The van der Waals surface area contributed by atoms with Crippen molar-refractivity contribution >= 4 is 67.9 Å². The Hall–Kier alpha value is -3.48. The van der Waals surface area contributed by atoms with E-state index in [1.165, 1.54) is 36.2 Å². The largest absolute Gasteiger partial charge is 0.332 e. The number of carbonyl (C=O) groups is 3. The molecule has 1 unspecified atom stereocenters. The highest BCUT2D eigenvalue weighted by molar-refractivity contribution is 7.92. The lowest BCUT2D eigenvalue weighted by atomic mass is 9.95. The molecule has 0 saturated carbocycles. The van der Waals surface area contributed by atoms with Gasteiger partial charge in [-0.3, -0.25) is 19.3 Å². The molecule has 13 heteroatoms. The molecule has 4 rings (SSSR count). The van der Waals surface area contributed by atoms with Gasteiger partial charge in [0.25, 0.3) is 11.8 Å². The molecule has 0 radical (unpaired) electrons. The third-order valence-electron chi connectivity index (χ3n) is 5.75. The summed E-state index contributed by atoms with van der Waals surface area (Å²) in [4.78, 5) is 47.2. The number of hydrogen-bond acceptors (Lipinski definition) is 7. The van der Waals surface area contributed by atoms with Gasteiger partial charge in [-0.2, -0.15) is 0 Å². The molecule has 10 nitrogen and oxygen atoms in total. The van der Waals surface area contributed by atoms with Crippen molar-refractivity contribution in [3.63, 3.8) is 0 Å². The first-order valence-electron chi connectivity index (χ1n) is 10.6. The van der Waals surface area contributed by atoms with Gasteiger partial charge in [0, 0.05) is 28.8 Å². The Morgan fingerprint density at radius 2 is 1.83 bits per heavy atom. The van der Waals surface area contributed by atoms with Crippen molar-refractivity contribution in [1.29, 1.82) is 0 Å². The van der Waals surface area contributed by atoms with Crippen LogP contribution < -0.4 is 14.9 Å². The molecule has 2 aromatic heterocycles. The summed E-state index contributed by atoms with van der Waals surface area (Å²) in [7, 11) is -2.01. The maximum absolute atomic E-state index is 13.5. The van der Waals surface area contributed by atoms with Crippen LogP contribution in [0.15, 0.2) is 48.7 Å². The van der Waals surface area contributed by atoms with Crippen molar-refractivity contribution in [2.75, 3.05) is 28.2 Å². The number of nitrogens with one attached hydrogen (secondary N) is 2. The molecular weight excluding hydrogens is 526 g/mol. The molecule has 3 heterocycles. The third-order valence-corrected chi connectivity index (χ3v) is 7.61. The number of anilines is 3. The molecule has 2 N–H and O–H groups in total. The topological polar surface area (TPSA) is 129 Å². The zero-order valence-corrected chi connectivity index (χ0v) is 22.1. The minimum absolute atomic E-state index is 0.188. The molecule has 1 aliphatic rings. The van der Waals surface area contributed by atoms with E-state index in [-0.39, 0.29) is 21.3 Å². The van der Waals surface area contributed by atoms with E-state index in [4.69, 9.17) is 11.6 Å². The van der Waals surface area contributed by atoms with Crippen LogP contribution in [0.1, 0.15) is 27.2 Å². The van der Waals surface area contributed by atoms with Crippen LogP contribution in [0.2, 0.25) is 5.02 Å². The molecule has 188 valence electrons. The first-order chi connectivity index (χ1) is 16.8. The van der Waals surface area contributed by atoms with E-state index in [0.29, 0.717) is 16.3 Å². The lowest BCUT2D eigenvalue weighted by Gasteiger charge is -2.27. The van der Waals surface area contributed by atoms with Crippen molar-refractivity contribution in [2.45, 2.75) is 19.4 Å². The molecule has 0 spiro atoms. The van der Waals surface area contributed by atoms with Crippen LogP contribution in [0.5, 0.6) is 0 Å². The van der Waals surface area contributed by atoms with Gasteiger partial charge in [-0.1, -0.05) is 17.7 Å². The number of urea groups is 1. The van der Waals surface area contributed by atoms with Crippen LogP contribution >= 0.6 is 22.9 Å². The highest BCUT2D eigenvalue weighted by atomic mass is 35.5. The fourth-order valence-electron chi connectivity index (χ4n) is 3.87. The van der Waals surface area contributed by atoms with Gasteiger partial charge >= 0.3 is 6.03 Å². The van der Waals surface area contributed by atoms with Gasteiger partial charge in [-0.25, -0.2) is 18.1 Å². The Balaban J connectivity index is 1.62. The summed E-state index contributed by atoms with van der Waals surface area (Å²) in [5.74, 6) is -0.991. The molecule has 0 aliphatic carbocycles. The predicted molar refractivity (Wildman–Crippen MR) is 139 cm³/mol. The zero-order chi connectivity index (χ0) is 26.4. The highest BCUT2D eigenvalue weighted by Gasteiger charge is 2.55. The zero-order valence-electron chi connectivity index (χ0n) is 19.7. The normalized spacial score (nSPS) is 18.0. The highest BCUT2D eigenvalue weighted by Crippen LogP contribution is 2.40. The third kappa shape index (κ3) is 4.66. The summed E-state index contributed by atoms with van der Waals surface area (Å²) in [5, 5.41) is 2.89. The Morgan fingerprint density at radius 1 is 1.14 bits per heavy atom. The maximum Gasteiger partial charge on any atom is 0.332 e. The summed E-state index contributed by atoms with van der Waals surface area (Å²) >= 11 is 7.18. The van der Waals surface area contributed by atoms with E-state index in [0.717, 1.165) is 22.5 Å². The number of aromatic nitrogens is 1. The number of aryl methyl sites for hydroxylation is 1. The Labute approximate surface area is 216 Å². The number of pyridine rings is 1. The Bertz CT molecular complexity index is 1490. The minimum atomic E-state index is -3.54. The van der Waals surface area contributed by atoms with Crippen molar-refractivity contribution in [2.24, 2.45) is 0 Å². The number of hydrogen-bond donors (Lipinski definition) is 2. The molecule has 1 fully saturated rings. The number of benzene rings is 1. The Morgan fingerprint density at radius 3 is 2.47 bits per heavy atom. The van der Waals surface area contributed by atoms with E-state index >= 15 is 0 Å². The number of rotatable bonds is 6. The quantitative estimate of drug-likeness (QED) is 0.448. The fourth-order valence-corrected chi connectivity index (χ4v) is 5.55. The summed E-state index contributed by atoms with van der Waals surface area (Å²) in [5.41, 5.74) is -0.120. The van der Waals surface area contributed by atoms with Gasteiger partial charge in [0.2, 0.25) is 10.0 Å². The fraction of sp³-hybridized carbons (Fsp3) is 0.217. The van der Waals surface area contributed by atoms with E-state index in [9.17, 15) is 22.8 Å². The first-order valence-corrected chi connectivity index (χ1v) is 13.6. The van der Waals surface area contributed by atoms with Crippen molar-refractivity contribution in [3.05, 3.63) is 69.1 Å². The second kappa shape index (κ2) is 9.19.